The van der Waals surface area contributed by atoms with Crippen molar-refractivity contribution in [2.24, 2.45) is 0 Å². The molecule has 1 saturated carbocycles. The summed E-state index contributed by atoms with van der Waals surface area (Å²) in [4.78, 5) is 12.3. The van der Waals surface area contributed by atoms with Crippen molar-refractivity contribution >= 4 is 17.7 Å². The second-order valence-electron chi connectivity index (χ2n) is 5.14. The van der Waals surface area contributed by atoms with Gasteiger partial charge in [0.15, 0.2) is 0 Å². The van der Waals surface area contributed by atoms with E-state index in [1.54, 1.807) is 7.11 Å². The Kier molecular flexibility index (Phi) is 5.92. The van der Waals surface area contributed by atoms with Crippen LogP contribution in [-0.4, -0.2) is 30.1 Å². The molecule has 1 aliphatic carbocycles. The van der Waals surface area contributed by atoms with Gasteiger partial charge in [-0.15, -0.1) is 0 Å². The summed E-state index contributed by atoms with van der Waals surface area (Å²) < 4.78 is 5.11. The molecule has 1 aliphatic rings. The van der Waals surface area contributed by atoms with E-state index < -0.39 is 0 Å². The van der Waals surface area contributed by atoms with Crippen LogP contribution >= 0.6 is 11.8 Å². The largest absolute Gasteiger partial charge is 0.380 e. The van der Waals surface area contributed by atoms with E-state index in [-0.39, 0.29) is 5.91 Å². The molecule has 0 heterocycles. The molecule has 1 aromatic rings. The summed E-state index contributed by atoms with van der Waals surface area (Å²) in [5, 5.41) is 3.77. The molecule has 2 rings (SSSR count). The van der Waals surface area contributed by atoms with Crippen molar-refractivity contribution in [2.45, 2.75) is 44.1 Å². The van der Waals surface area contributed by atoms with Gasteiger partial charge in [0.25, 0.3) is 5.91 Å². The minimum Gasteiger partial charge on any atom is -0.380 e. The van der Waals surface area contributed by atoms with E-state index in [1.807, 2.05) is 36.0 Å². The molecule has 110 valence electrons. The number of benzene rings is 1. The Hall–Kier alpha value is -1.00. The minimum absolute atomic E-state index is 0.0385. The van der Waals surface area contributed by atoms with Crippen LogP contribution in [-0.2, 0) is 11.3 Å². The van der Waals surface area contributed by atoms with Gasteiger partial charge in [-0.1, -0.05) is 25.5 Å². The van der Waals surface area contributed by atoms with Crippen molar-refractivity contribution in [2.75, 3.05) is 12.9 Å². The minimum atomic E-state index is 0.0385. The first-order valence-corrected chi connectivity index (χ1v) is 8.29. The highest BCUT2D eigenvalue weighted by atomic mass is 32.2. The standard InChI is InChI=1S/C16H23NO2S/c1-3-20-15-9-5-8-14(15)17-16(18)13-7-4-6-12(10-13)11-19-2/h4,6-7,10,14-15H,3,5,8-9,11H2,1-2H3,(H,17,18)/t14-,15+/m1/s1. The predicted molar refractivity (Wildman–Crippen MR) is 84.2 cm³/mol. The molecular weight excluding hydrogens is 270 g/mol. The second-order valence-corrected chi connectivity index (χ2v) is 6.65. The molecule has 1 amide bonds. The Morgan fingerprint density at radius 1 is 1.45 bits per heavy atom. The van der Waals surface area contributed by atoms with E-state index in [9.17, 15) is 4.79 Å². The Labute approximate surface area is 125 Å². The molecule has 1 aromatic carbocycles. The zero-order valence-corrected chi connectivity index (χ0v) is 13.0. The molecule has 1 fully saturated rings. The highest BCUT2D eigenvalue weighted by molar-refractivity contribution is 7.99. The number of hydrogen-bond donors (Lipinski definition) is 1. The van der Waals surface area contributed by atoms with Crippen molar-refractivity contribution in [1.82, 2.24) is 5.32 Å². The fourth-order valence-corrected chi connectivity index (χ4v) is 3.92. The monoisotopic (exact) mass is 293 g/mol. The van der Waals surface area contributed by atoms with Gasteiger partial charge in [-0.3, -0.25) is 4.79 Å². The molecule has 0 aromatic heterocycles. The molecule has 0 radical (unpaired) electrons. The molecule has 20 heavy (non-hydrogen) atoms. The Morgan fingerprint density at radius 3 is 3.05 bits per heavy atom. The van der Waals surface area contributed by atoms with E-state index in [1.165, 1.54) is 12.8 Å². The summed E-state index contributed by atoms with van der Waals surface area (Å²) >= 11 is 1.96. The lowest BCUT2D eigenvalue weighted by Gasteiger charge is -2.20. The normalized spacial score (nSPS) is 21.9. The fourth-order valence-electron chi connectivity index (χ4n) is 2.73. The molecule has 2 atom stereocenters. The summed E-state index contributed by atoms with van der Waals surface area (Å²) in [5.74, 6) is 1.15. The fraction of sp³-hybridized carbons (Fsp3) is 0.562. The molecule has 0 bridgehead atoms. The Bertz CT molecular complexity index is 450. The average molecular weight is 293 g/mol. The maximum atomic E-state index is 12.3. The summed E-state index contributed by atoms with van der Waals surface area (Å²) in [6, 6.07) is 7.99. The summed E-state index contributed by atoms with van der Waals surface area (Å²) in [6.07, 6.45) is 3.53. The van der Waals surface area contributed by atoms with Crippen LogP contribution in [0, 0.1) is 0 Å². The van der Waals surface area contributed by atoms with Gasteiger partial charge in [0, 0.05) is 24.0 Å². The second kappa shape index (κ2) is 7.70. The molecular formula is C16H23NO2S. The third kappa shape index (κ3) is 4.00. The van der Waals surface area contributed by atoms with Gasteiger partial charge >= 0.3 is 0 Å². The van der Waals surface area contributed by atoms with Gasteiger partial charge in [0.05, 0.1) is 6.61 Å². The molecule has 0 unspecified atom stereocenters. The van der Waals surface area contributed by atoms with Crippen LogP contribution in [0.5, 0.6) is 0 Å². The van der Waals surface area contributed by atoms with Crippen molar-refractivity contribution in [1.29, 1.82) is 0 Å². The van der Waals surface area contributed by atoms with Crippen LogP contribution in [0.15, 0.2) is 24.3 Å². The van der Waals surface area contributed by atoms with Crippen molar-refractivity contribution in [3.05, 3.63) is 35.4 Å². The van der Waals surface area contributed by atoms with Gasteiger partial charge in [-0.05, 0) is 36.3 Å². The van der Waals surface area contributed by atoms with Gasteiger partial charge in [-0.25, -0.2) is 0 Å². The summed E-state index contributed by atoms with van der Waals surface area (Å²) in [5.41, 5.74) is 1.76. The SMILES string of the molecule is CCS[C@H]1CCC[C@H]1NC(=O)c1cccc(COC)c1. The van der Waals surface area contributed by atoms with Gasteiger partial charge in [0.2, 0.25) is 0 Å². The maximum Gasteiger partial charge on any atom is 0.251 e. The van der Waals surface area contributed by atoms with E-state index in [2.05, 4.69) is 12.2 Å². The first-order chi connectivity index (χ1) is 9.74. The quantitative estimate of drug-likeness (QED) is 0.875. The summed E-state index contributed by atoms with van der Waals surface area (Å²) in [7, 11) is 1.66. The van der Waals surface area contributed by atoms with Gasteiger partial charge in [0.1, 0.15) is 0 Å². The summed E-state index contributed by atoms with van der Waals surface area (Å²) in [6.45, 7) is 2.72. The van der Waals surface area contributed by atoms with E-state index in [0.29, 0.717) is 17.9 Å². The number of rotatable bonds is 6. The van der Waals surface area contributed by atoms with Crippen LogP contribution < -0.4 is 5.32 Å². The molecule has 0 saturated heterocycles. The van der Waals surface area contributed by atoms with Crippen LogP contribution in [0.4, 0.5) is 0 Å². The topological polar surface area (TPSA) is 38.3 Å². The smallest absolute Gasteiger partial charge is 0.251 e. The van der Waals surface area contributed by atoms with E-state index >= 15 is 0 Å². The Balaban J connectivity index is 1.98. The van der Waals surface area contributed by atoms with Crippen molar-refractivity contribution in [3.8, 4) is 0 Å². The third-order valence-corrected chi connectivity index (χ3v) is 4.98. The van der Waals surface area contributed by atoms with Crippen molar-refractivity contribution < 1.29 is 9.53 Å². The Morgan fingerprint density at radius 2 is 2.30 bits per heavy atom. The van der Waals surface area contributed by atoms with Crippen molar-refractivity contribution in [3.63, 3.8) is 0 Å². The van der Waals surface area contributed by atoms with Crippen LogP contribution in [0.2, 0.25) is 0 Å². The lowest BCUT2D eigenvalue weighted by atomic mass is 10.1. The number of amides is 1. The van der Waals surface area contributed by atoms with E-state index in [4.69, 9.17) is 4.74 Å². The molecule has 0 spiro atoms. The first kappa shape index (κ1) is 15.4. The lowest BCUT2D eigenvalue weighted by Crippen LogP contribution is -2.38. The number of thioether (sulfide) groups is 1. The lowest BCUT2D eigenvalue weighted by molar-refractivity contribution is 0.0938. The van der Waals surface area contributed by atoms with Crippen LogP contribution in [0.1, 0.15) is 42.1 Å². The predicted octanol–water partition coefficient (Wildman–Crippen LogP) is 3.24. The average Bonchev–Trinajstić information content (AvgIpc) is 2.87. The third-order valence-electron chi connectivity index (χ3n) is 3.65. The molecule has 1 N–H and O–H groups in total. The number of hydrogen-bond acceptors (Lipinski definition) is 3. The van der Waals surface area contributed by atoms with E-state index in [0.717, 1.165) is 23.3 Å². The first-order valence-electron chi connectivity index (χ1n) is 7.25. The van der Waals surface area contributed by atoms with Gasteiger partial charge in [-0.2, -0.15) is 11.8 Å². The molecule has 0 aliphatic heterocycles. The van der Waals surface area contributed by atoms with Crippen LogP contribution in [0.25, 0.3) is 0 Å². The van der Waals surface area contributed by atoms with Crippen LogP contribution in [0.3, 0.4) is 0 Å². The zero-order chi connectivity index (χ0) is 14.4. The maximum absolute atomic E-state index is 12.3. The molecule has 4 heteroatoms. The number of ether oxygens (including phenoxy) is 1. The highest BCUT2D eigenvalue weighted by Gasteiger charge is 2.28. The van der Waals surface area contributed by atoms with Gasteiger partial charge < -0.3 is 10.1 Å². The molecule has 3 nitrogen and oxygen atoms in total. The number of methoxy groups -OCH3 is 1. The number of carbonyl (C=O) groups is 1. The number of nitrogens with one attached hydrogen (secondary N) is 1. The zero-order valence-electron chi connectivity index (χ0n) is 12.2. The number of carbonyl (C=O) groups excluding carboxylic acids is 1. The highest BCUT2D eigenvalue weighted by Crippen LogP contribution is 2.30.